The second-order valence-electron chi connectivity index (χ2n) is 6.40. The van der Waals surface area contributed by atoms with E-state index in [1.165, 1.54) is 70.6 Å². The van der Waals surface area contributed by atoms with E-state index in [4.69, 9.17) is 4.74 Å². The zero-order valence-electron chi connectivity index (χ0n) is 14.8. The molecule has 0 saturated heterocycles. The molecule has 0 aliphatic rings. The van der Waals surface area contributed by atoms with Gasteiger partial charge in [0.05, 0.1) is 0 Å². The SMILES string of the molecule is CCCOCCCCCCCCCC(CC)(CC)CC. The highest BCUT2D eigenvalue weighted by Gasteiger charge is 2.22. The lowest BCUT2D eigenvalue weighted by molar-refractivity contribution is 0.130. The predicted molar refractivity (Wildman–Crippen MR) is 91.4 cm³/mol. The fourth-order valence-corrected chi connectivity index (χ4v) is 3.11. The Bertz CT molecular complexity index is 176. The Kier molecular flexibility index (Phi) is 13.9. The molecule has 122 valence electrons. The average Bonchev–Trinajstić information content (AvgIpc) is 2.49. The van der Waals surface area contributed by atoms with Crippen molar-refractivity contribution in [1.29, 1.82) is 0 Å². The van der Waals surface area contributed by atoms with Crippen molar-refractivity contribution in [1.82, 2.24) is 0 Å². The molecule has 1 nitrogen and oxygen atoms in total. The Morgan fingerprint density at radius 2 is 1.10 bits per heavy atom. The van der Waals surface area contributed by atoms with E-state index in [0.29, 0.717) is 5.41 Å². The number of hydrogen-bond acceptors (Lipinski definition) is 1. The summed E-state index contributed by atoms with van der Waals surface area (Å²) in [5, 5.41) is 0. The van der Waals surface area contributed by atoms with Gasteiger partial charge in [-0.05, 0) is 24.7 Å². The van der Waals surface area contributed by atoms with Crippen LogP contribution in [0.25, 0.3) is 0 Å². The van der Waals surface area contributed by atoms with Gasteiger partial charge in [-0.3, -0.25) is 0 Å². The Balaban J connectivity index is 3.32. The third-order valence-electron chi connectivity index (χ3n) is 5.09. The number of ether oxygens (including phenoxy) is 1. The van der Waals surface area contributed by atoms with Crippen LogP contribution in [0.15, 0.2) is 0 Å². The van der Waals surface area contributed by atoms with Crippen molar-refractivity contribution in [3.63, 3.8) is 0 Å². The fourth-order valence-electron chi connectivity index (χ4n) is 3.11. The second kappa shape index (κ2) is 13.9. The standard InChI is InChI=1S/C19H40O/c1-5-17-20-18-15-13-11-9-10-12-14-16-19(6-2,7-3)8-4/h5-18H2,1-4H3. The van der Waals surface area contributed by atoms with Gasteiger partial charge in [-0.15, -0.1) is 0 Å². The molecule has 20 heavy (non-hydrogen) atoms. The summed E-state index contributed by atoms with van der Waals surface area (Å²) in [7, 11) is 0. The maximum atomic E-state index is 5.50. The van der Waals surface area contributed by atoms with Gasteiger partial charge in [0.15, 0.2) is 0 Å². The Labute approximate surface area is 128 Å². The molecule has 0 aliphatic carbocycles. The van der Waals surface area contributed by atoms with Gasteiger partial charge in [0.25, 0.3) is 0 Å². The molecule has 0 heterocycles. The molecular weight excluding hydrogens is 244 g/mol. The summed E-state index contributed by atoms with van der Waals surface area (Å²) in [6.07, 6.45) is 16.4. The molecule has 0 fully saturated rings. The summed E-state index contributed by atoms with van der Waals surface area (Å²) in [5.74, 6) is 0. The summed E-state index contributed by atoms with van der Waals surface area (Å²) < 4.78 is 5.50. The smallest absolute Gasteiger partial charge is 0.0466 e. The lowest BCUT2D eigenvalue weighted by atomic mass is 9.75. The van der Waals surface area contributed by atoms with Crippen LogP contribution in [-0.2, 0) is 4.74 Å². The van der Waals surface area contributed by atoms with Crippen LogP contribution in [0.1, 0.15) is 105 Å². The quantitative estimate of drug-likeness (QED) is 0.302. The highest BCUT2D eigenvalue weighted by molar-refractivity contribution is 4.74. The van der Waals surface area contributed by atoms with E-state index in [0.717, 1.165) is 19.6 Å². The van der Waals surface area contributed by atoms with Gasteiger partial charge in [-0.1, -0.05) is 85.5 Å². The Morgan fingerprint density at radius 1 is 0.600 bits per heavy atom. The molecule has 0 aromatic heterocycles. The number of hydrogen-bond donors (Lipinski definition) is 0. The van der Waals surface area contributed by atoms with Gasteiger partial charge >= 0.3 is 0 Å². The van der Waals surface area contributed by atoms with Gasteiger partial charge in [-0.2, -0.15) is 0 Å². The van der Waals surface area contributed by atoms with Crippen LogP contribution >= 0.6 is 0 Å². The third kappa shape index (κ3) is 9.80. The second-order valence-corrected chi connectivity index (χ2v) is 6.40. The normalized spacial score (nSPS) is 12.0. The molecule has 1 heteroatoms. The number of unbranched alkanes of at least 4 members (excludes halogenated alkanes) is 6. The first-order valence-electron chi connectivity index (χ1n) is 9.32. The zero-order valence-corrected chi connectivity index (χ0v) is 14.8. The molecule has 0 aromatic carbocycles. The molecule has 0 atom stereocenters. The minimum atomic E-state index is 0.649. The first-order valence-corrected chi connectivity index (χ1v) is 9.32. The van der Waals surface area contributed by atoms with Crippen LogP contribution in [-0.4, -0.2) is 13.2 Å². The molecule has 0 bridgehead atoms. The van der Waals surface area contributed by atoms with Crippen LogP contribution in [0.2, 0.25) is 0 Å². The number of rotatable bonds is 15. The predicted octanol–water partition coefficient (Wildman–Crippen LogP) is 6.75. The molecule has 0 radical (unpaired) electrons. The third-order valence-corrected chi connectivity index (χ3v) is 5.09. The van der Waals surface area contributed by atoms with Crippen molar-refractivity contribution >= 4 is 0 Å². The van der Waals surface area contributed by atoms with E-state index >= 15 is 0 Å². The van der Waals surface area contributed by atoms with Crippen molar-refractivity contribution < 1.29 is 4.74 Å². The Morgan fingerprint density at radius 3 is 1.60 bits per heavy atom. The molecular formula is C19H40O. The van der Waals surface area contributed by atoms with E-state index in [1.807, 2.05) is 0 Å². The van der Waals surface area contributed by atoms with Crippen LogP contribution < -0.4 is 0 Å². The maximum Gasteiger partial charge on any atom is 0.0466 e. The van der Waals surface area contributed by atoms with Crippen molar-refractivity contribution in [2.24, 2.45) is 5.41 Å². The average molecular weight is 285 g/mol. The van der Waals surface area contributed by atoms with Crippen LogP contribution in [0, 0.1) is 5.41 Å². The summed E-state index contributed by atoms with van der Waals surface area (Å²) in [6, 6.07) is 0. The molecule has 0 rings (SSSR count). The molecule has 0 N–H and O–H groups in total. The minimum Gasteiger partial charge on any atom is -0.381 e. The fraction of sp³-hybridized carbons (Fsp3) is 1.00. The van der Waals surface area contributed by atoms with Gasteiger partial charge < -0.3 is 4.74 Å². The highest BCUT2D eigenvalue weighted by Crippen LogP contribution is 2.36. The summed E-state index contributed by atoms with van der Waals surface area (Å²) in [6.45, 7) is 11.2. The van der Waals surface area contributed by atoms with Crippen molar-refractivity contribution in [3.05, 3.63) is 0 Å². The zero-order chi connectivity index (χ0) is 15.1. The summed E-state index contributed by atoms with van der Waals surface area (Å²) in [4.78, 5) is 0. The van der Waals surface area contributed by atoms with E-state index in [1.54, 1.807) is 0 Å². The molecule has 0 amide bonds. The van der Waals surface area contributed by atoms with Crippen LogP contribution in [0.4, 0.5) is 0 Å². The van der Waals surface area contributed by atoms with Crippen molar-refractivity contribution in [2.75, 3.05) is 13.2 Å². The minimum absolute atomic E-state index is 0.649. The van der Waals surface area contributed by atoms with E-state index in [-0.39, 0.29) is 0 Å². The largest absolute Gasteiger partial charge is 0.381 e. The highest BCUT2D eigenvalue weighted by atomic mass is 16.5. The molecule has 0 unspecified atom stereocenters. The lowest BCUT2D eigenvalue weighted by Gasteiger charge is -2.30. The monoisotopic (exact) mass is 284 g/mol. The van der Waals surface area contributed by atoms with Crippen molar-refractivity contribution in [2.45, 2.75) is 105 Å². The molecule has 0 aliphatic heterocycles. The van der Waals surface area contributed by atoms with E-state index in [9.17, 15) is 0 Å². The van der Waals surface area contributed by atoms with E-state index < -0.39 is 0 Å². The first kappa shape index (κ1) is 20.0. The summed E-state index contributed by atoms with van der Waals surface area (Å²) >= 11 is 0. The van der Waals surface area contributed by atoms with Gasteiger partial charge in [0.2, 0.25) is 0 Å². The maximum absolute atomic E-state index is 5.50. The van der Waals surface area contributed by atoms with Crippen LogP contribution in [0.3, 0.4) is 0 Å². The lowest BCUT2D eigenvalue weighted by Crippen LogP contribution is -2.17. The Hall–Kier alpha value is -0.0400. The van der Waals surface area contributed by atoms with Crippen LogP contribution in [0.5, 0.6) is 0 Å². The van der Waals surface area contributed by atoms with Crippen molar-refractivity contribution in [3.8, 4) is 0 Å². The van der Waals surface area contributed by atoms with E-state index in [2.05, 4.69) is 27.7 Å². The first-order chi connectivity index (χ1) is 9.74. The molecule has 0 aromatic rings. The molecule has 0 spiro atoms. The summed E-state index contributed by atoms with van der Waals surface area (Å²) in [5.41, 5.74) is 0.649. The molecule has 0 saturated carbocycles. The van der Waals surface area contributed by atoms with Gasteiger partial charge in [0, 0.05) is 13.2 Å². The van der Waals surface area contributed by atoms with Gasteiger partial charge in [0.1, 0.15) is 0 Å². The topological polar surface area (TPSA) is 9.23 Å². The van der Waals surface area contributed by atoms with Gasteiger partial charge in [-0.25, -0.2) is 0 Å².